The van der Waals surface area contributed by atoms with E-state index in [1.54, 1.807) is 0 Å². The second-order valence-corrected chi connectivity index (χ2v) is 8.91. The van der Waals surface area contributed by atoms with Gasteiger partial charge in [-0.05, 0) is 6.26 Å². The highest BCUT2D eigenvalue weighted by Gasteiger charge is 2.15. The molecule has 3 rings (SSSR count). The second kappa shape index (κ2) is 7.56. The van der Waals surface area contributed by atoms with Crippen LogP contribution in [0.3, 0.4) is 0 Å². The van der Waals surface area contributed by atoms with Crippen LogP contribution in [0.25, 0.3) is 11.3 Å². The van der Waals surface area contributed by atoms with E-state index in [0.29, 0.717) is 21.0 Å². The second-order valence-electron chi connectivity index (χ2n) is 4.68. The molecule has 0 saturated heterocycles. The Morgan fingerprint density at radius 1 is 1.16 bits per heavy atom. The highest BCUT2D eigenvalue weighted by molar-refractivity contribution is 7.98. The quantitative estimate of drug-likeness (QED) is 0.481. The predicted octanol–water partition coefficient (Wildman–Crippen LogP) is 4.17. The van der Waals surface area contributed by atoms with E-state index in [0.717, 1.165) is 34.7 Å². The number of anilines is 1. The molecule has 8 nitrogen and oxygen atoms in total. The number of rotatable bonds is 6. The van der Waals surface area contributed by atoms with Crippen molar-refractivity contribution in [1.82, 2.24) is 14.3 Å². The average molecular weight is 413 g/mol. The Labute approximate surface area is 156 Å². The van der Waals surface area contributed by atoms with Crippen LogP contribution in [0.4, 0.5) is 15.3 Å². The molecule has 0 fully saturated rings. The summed E-state index contributed by atoms with van der Waals surface area (Å²) in [4.78, 5) is 8.53. The number of thiazole rings is 1. The van der Waals surface area contributed by atoms with Crippen molar-refractivity contribution in [2.75, 3.05) is 17.2 Å². The zero-order valence-electron chi connectivity index (χ0n) is 13.1. The first kappa shape index (κ1) is 17.9. The van der Waals surface area contributed by atoms with Gasteiger partial charge in [-0.25, -0.2) is 13.4 Å². The van der Waals surface area contributed by atoms with E-state index in [-0.39, 0.29) is 5.13 Å². The molecule has 0 spiro atoms. The number of hydrogen-bond acceptors (Lipinski definition) is 10. The molecule has 25 heavy (non-hydrogen) atoms. The lowest BCUT2D eigenvalue weighted by Gasteiger charge is -1.97. The molecule has 0 amide bonds. The summed E-state index contributed by atoms with van der Waals surface area (Å²) < 4.78 is 29.4. The minimum atomic E-state index is -3.43. The monoisotopic (exact) mass is 412 g/mol. The van der Waals surface area contributed by atoms with Crippen LogP contribution in [-0.2, 0) is 10.0 Å². The maximum absolute atomic E-state index is 11.5. The number of benzene rings is 1. The summed E-state index contributed by atoms with van der Waals surface area (Å²) in [6.45, 7) is 0. The number of hydrogen-bond donors (Lipinski definition) is 1. The molecular weight excluding hydrogens is 400 g/mol. The number of sulfonamides is 1. The Balaban J connectivity index is 1.98. The van der Waals surface area contributed by atoms with Crippen molar-refractivity contribution in [1.29, 1.82) is 0 Å². The van der Waals surface area contributed by atoms with Gasteiger partial charge in [0, 0.05) is 17.1 Å². The van der Waals surface area contributed by atoms with Gasteiger partial charge in [0.1, 0.15) is 5.69 Å². The molecule has 0 radical (unpaired) electrons. The van der Waals surface area contributed by atoms with Gasteiger partial charge in [-0.2, -0.15) is 9.36 Å². The molecule has 0 aliphatic heterocycles. The SMILES string of the molecule is CSc1nsc(N=Nc2sc(NS(C)(=O)=O)nc2-c2ccccc2)n1. The fourth-order valence-corrected chi connectivity index (χ4v) is 4.48. The Bertz CT molecular complexity index is 997. The predicted molar refractivity (Wildman–Crippen MR) is 102 cm³/mol. The van der Waals surface area contributed by atoms with Gasteiger partial charge in [-0.15, -0.1) is 10.2 Å². The van der Waals surface area contributed by atoms with Gasteiger partial charge in [0.2, 0.25) is 20.3 Å². The molecule has 1 N–H and O–H groups in total. The third-order valence-corrected chi connectivity index (χ3v) is 5.55. The van der Waals surface area contributed by atoms with Crippen molar-refractivity contribution >= 4 is 59.9 Å². The molecule has 0 aliphatic rings. The van der Waals surface area contributed by atoms with Crippen LogP contribution in [0.5, 0.6) is 0 Å². The topological polar surface area (TPSA) is 110 Å². The minimum Gasteiger partial charge on any atom is -0.259 e. The maximum atomic E-state index is 11.5. The number of aromatic nitrogens is 3. The van der Waals surface area contributed by atoms with Gasteiger partial charge < -0.3 is 0 Å². The molecule has 0 bridgehead atoms. The maximum Gasteiger partial charge on any atom is 0.250 e. The first-order valence-corrected chi connectivity index (χ1v) is 11.5. The van der Waals surface area contributed by atoms with Gasteiger partial charge in [0.05, 0.1) is 6.26 Å². The molecule has 12 heteroatoms. The van der Waals surface area contributed by atoms with Crippen LogP contribution in [0.1, 0.15) is 0 Å². The summed E-state index contributed by atoms with van der Waals surface area (Å²) >= 11 is 3.67. The van der Waals surface area contributed by atoms with Gasteiger partial charge in [-0.3, -0.25) is 4.72 Å². The highest BCUT2D eigenvalue weighted by atomic mass is 32.2. The largest absolute Gasteiger partial charge is 0.259 e. The molecule has 3 aromatic rings. The van der Waals surface area contributed by atoms with Crippen LogP contribution < -0.4 is 4.72 Å². The summed E-state index contributed by atoms with van der Waals surface area (Å²) in [6, 6.07) is 9.37. The number of azo groups is 1. The first-order valence-electron chi connectivity index (χ1n) is 6.78. The van der Waals surface area contributed by atoms with Crippen LogP contribution in [0.15, 0.2) is 45.7 Å². The van der Waals surface area contributed by atoms with Gasteiger partial charge in [-0.1, -0.05) is 53.4 Å². The number of nitrogens with one attached hydrogen (secondary N) is 1. The Hall–Kier alpha value is -1.89. The summed E-state index contributed by atoms with van der Waals surface area (Å²) in [5.74, 6) is 0. The van der Waals surface area contributed by atoms with E-state index < -0.39 is 10.0 Å². The fourth-order valence-electron chi connectivity index (χ4n) is 1.78. The summed E-state index contributed by atoms with van der Waals surface area (Å²) in [5.41, 5.74) is 1.37. The van der Waals surface area contributed by atoms with E-state index in [2.05, 4.69) is 29.3 Å². The van der Waals surface area contributed by atoms with Crippen molar-refractivity contribution in [3.8, 4) is 11.3 Å². The Morgan fingerprint density at radius 2 is 1.92 bits per heavy atom. The minimum absolute atomic E-state index is 0.234. The molecule has 0 aliphatic carbocycles. The molecule has 1 aromatic carbocycles. The van der Waals surface area contributed by atoms with Crippen LogP contribution >= 0.6 is 34.6 Å². The fraction of sp³-hybridized carbons (Fsp3) is 0.154. The standard InChI is InChI=1S/C13H12N6O2S4/c1-22-12-15-11(24-18-12)17-16-10-9(8-6-4-3-5-7-8)14-13(23-10)19-25(2,20)21/h3-7H,1-2H3,(H,14,19). The molecule has 0 unspecified atom stereocenters. The Morgan fingerprint density at radius 3 is 2.56 bits per heavy atom. The lowest BCUT2D eigenvalue weighted by Crippen LogP contribution is -2.08. The zero-order valence-corrected chi connectivity index (χ0v) is 16.3. The van der Waals surface area contributed by atoms with E-state index in [4.69, 9.17) is 0 Å². The van der Waals surface area contributed by atoms with Crippen LogP contribution in [0.2, 0.25) is 0 Å². The zero-order chi connectivity index (χ0) is 17.9. The molecule has 0 atom stereocenters. The van der Waals surface area contributed by atoms with Crippen molar-refractivity contribution in [2.24, 2.45) is 10.2 Å². The smallest absolute Gasteiger partial charge is 0.250 e. The van der Waals surface area contributed by atoms with E-state index in [1.807, 2.05) is 36.6 Å². The average Bonchev–Trinajstić information content (AvgIpc) is 3.18. The van der Waals surface area contributed by atoms with Crippen molar-refractivity contribution < 1.29 is 8.42 Å². The van der Waals surface area contributed by atoms with Crippen molar-refractivity contribution in [3.05, 3.63) is 30.3 Å². The van der Waals surface area contributed by atoms with Crippen LogP contribution in [-0.4, -0.2) is 35.3 Å². The van der Waals surface area contributed by atoms with E-state index in [1.165, 1.54) is 11.8 Å². The lowest BCUT2D eigenvalue weighted by molar-refractivity contribution is 0.607. The highest BCUT2D eigenvalue weighted by Crippen LogP contribution is 2.39. The lowest BCUT2D eigenvalue weighted by atomic mass is 10.2. The van der Waals surface area contributed by atoms with E-state index in [9.17, 15) is 8.42 Å². The van der Waals surface area contributed by atoms with E-state index >= 15 is 0 Å². The van der Waals surface area contributed by atoms with Gasteiger partial charge in [0.25, 0.3) is 0 Å². The summed E-state index contributed by atoms with van der Waals surface area (Å²) in [7, 11) is -3.43. The summed E-state index contributed by atoms with van der Waals surface area (Å²) in [6.07, 6.45) is 2.95. The molecule has 2 aromatic heterocycles. The van der Waals surface area contributed by atoms with Gasteiger partial charge in [0.15, 0.2) is 10.1 Å². The van der Waals surface area contributed by atoms with Crippen molar-refractivity contribution in [3.63, 3.8) is 0 Å². The third-order valence-electron chi connectivity index (χ3n) is 2.73. The van der Waals surface area contributed by atoms with Crippen LogP contribution in [0, 0.1) is 0 Å². The normalized spacial score (nSPS) is 11.9. The number of nitrogens with zero attached hydrogens (tertiary/aromatic N) is 5. The Kier molecular flexibility index (Phi) is 5.42. The molecule has 130 valence electrons. The first-order chi connectivity index (χ1) is 11.9. The summed E-state index contributed by atoms with van der Waals surface area (Å²) in [5, 5.41) is 10.1. The molecular formula is C13H12N6O2S4. The third kappa shape index (κ3) is 4.81. The molecule has 0 saturated carbocycles. The van der Waals surface area contributed by atoms with Crippen molar-refractivity contribution in [2.45, 2.75) is 5.16 Å². The van der Waals surface area contributed by atoms with Gasteiger partial charge >= 0.3 is 0 Å². The number of thioether (sulfide) groups is 1. The molecule has 2 heterocycles.